The molecule has 0 aromatic carbocycles. The van der Waals surface area contributed by atoms with Gasteiger partial charge in [0.25, 0.3) is 0 Å². The predicted octanol–water partition coefficient (Wildman–Crippen LogP) is 2.32. The number of urea groups is 1. The molecule has 1 aliphatic carbocycles. The maximum Gasteiger partial charge on any atom is 0.329 e. The van der Waals surface area contributed by atoms with Crippen LogP contribution in [0.4, 0.5) is 4.79 Å². The Morgan fingerprint density at radius 2 is 1.85 bits per heavy atom. The molecule has 1 heterocycles. The zero-order valence-electron chi connectivity index (χ0n) is 12.8. The molecule has 20 heavy (non-hydrogen) atoms. The van der Waals surface area contributed by atoms with E-state index in [1.807, 2.05) is 11.8 Å². The second-order valence-corrected chi connectivity index (χ2v) is 6.92. The Kier molecular flexibility index (Phi) is 3.98. The first-order chi connectivity index (χ1) is 9.25. The highest BCUT2D eigenvalue weighted by atomic mass is 16.4. The van der Waals surface area contributed by atoms with Crippen molar-refractivity contribution in [1.29, 1.82) is 0 Å². The summed E-state index contributed by atoms with van der Waals surface area (Å²) in [5, 5.41) is 12.2. The number of amides is 2. The lowest BCUT2D eigenvalue weighted by Crippen LogP contribution is -2.61. The van der Waals surface area contributed by atoms with Crippen LogP contribution in [0.15, 0.2) is 0 Å². The second-order valence-electron chi connectivity index (χ2n) is 6.92. The number of carboxylic acid groups (broad SMARTS) is 1. The van der Waals surface area contributed by atoms with Crippen LogP contribution in [0.5, 0.6) is 0 Å². The number of aliphatic carboxylic acids is 1. The van der Waals surface area contributed by atoms with Crippen molar-refractivity contribution in [2.45, 2.75) is 58.5 Å². The van der Waals surface area contributed by atoms with Crippen LogP contribution in [-0.4, -0.2) is 40.1 Å². The number of hydrogen-bond acceptors (Lipinski definition) is 2. The van der Waals surface area contributed by atoms with E-state index in [-0.39, 0.29) is 18.0 Å². The molecule has 5 nitrogen and oxygen atoms in total. The fourth-order valence-electron chi connectivity index (χ4n) is 3.27. The molecule has 0 aromatic rings. The molecule has 2 N–H and O–H groups in total. The Balaban J connectivity index is 2.08. The zero-order chi connectivity index (χ0) is 15.1. The minimum absolute atomic E-state index is 0.0684. The first-order valence-corrected chi connectivity index (χ1v) is 7.58. The summed E-state index contributed by atoms with van der Waals surface area (Å²) in [4.78, 5) is 25.8. The zero-order valence-corrected chi connectivity index (χ0v) is 12.8. The molecule has 0 radical (unpaired) electrons. The number of hydrogen-bond donors (Lipinski definition) is 2. The van der Waals surface area contributed by atoms with E-state index >= 15 is 0 Å². The second kappa shape index (κ2) is 5.26. The molecular formula is C15H26N2O3. The number of rotatable bonds is 3. The highest BCUT2D eigenvalue weighted by molar-refractivity contribution is 5.86. The van der Waals surface area contributed by atoms with Gasteiger partial charge in [-0.3, -0.25) is 0 Å². The van der Waals surface area contributed by atoms with Crippen LogP contribution < -0.4 is 5.32 Å². The predicted molar refractivity (Wildman–Crippen MR) is 76.4 cm³/mol. The van der Waals surface area contributed by atoms with E-state index in [0.29, 0.717) is 18.4 Å². The average Bonchev–Trinajstić information content (AvgIpc) is 3.17. The van der Waals surface area contributed by atoms with Crippen LogP contribution in [-0.2, 0) is 4.79 Å². The fourth-order valence-corrected chi connectivity index (χ4v) is 3.27. The van der Waals surface area contributed by atoms with E-state index in [4.69, 9.17) is 0 Å². The van der Waals surface area contributed by atoms with E-state index in [1.165, 1.54) is 0 Å². The molecule has 1 aliphatic heterocycles. The van der Waals surface area contributed by atoms with E-state index in [9.17, 15) is 14.7 Å². The number of nitrogens with one attached hydrogen (secondary N) is 1. The van der Waals surface area contributed by atoms with Gasteiger partial charge < -0.3 is 15.3 Å². The van der Waals surface area contributed by atoms with Crippen LogP contribution >= 0.6 is 0 Å². The molecular weight excluding hydrogens is 256 g/mol. The van der Waals surface area contributed by atoms with Gasteiger partial charge in [-0.2, -0.15) is 0 Å². The molecule has 2 rings (SSSR count). The largest absolute Gasteiger partial charge is 0.480 e. The van der Waals surface area contributed by atoms with Gasteiger partial charge in [-0.25, -0.2) is 9.59 Å². The highest BCUT2D eigenvalue weighted by Gasteiger charge is 2.49. The highest BCUT2D eigenvalue weighted by Crippen LogP contribution is 2.40. The van der Waals surface area contributed by atoms with E-state index in [2.05, 4.69) is 19.2 Å². The minimum atomic E-state index is -1.12. The Labute approximate surface area is 120 Å². The van der Waals surface area contributed by atoms with Crippen molar-refractivity contribution in [2.75, 3.05) is 6.54 Å². The topological polar surface area (TPSA) is 69.6 Å². The third-order valence-electron chi connectivity index (χ3n) is 5.06. The van der Waals surface area contributed by atoms with Crippen LogP contribution in [0.3, 0.4) is 0 Å². The van der Waals surface area contributed by atoms with Crippen LogP contribution in [0.25, 0.3) is 0 Å². The Bertz CT molecular complexity index is 408. The summed E-state index contributed by atoms with van der Waals surface area (Å²) in [6, 6.07) is -0.0730. The van der Waals surface area contributed by atoms with Gasteiger partial charge in [0.15, 0.2) is 0 Å². The van der Waals surface area contributed by atoms with Crippen molar-refractivity contribution in [3.05, 3.63) is 0 Å². The number of carboxylic acids is 1. The number of piperidine rings is 1. The molecule has 4 unspecified atom stereocenters. The molecule has 0 aromatic heterocycles. The molecule has 1 saturated heterocycles. The molecule has 5 heteroatoms. The van der Waals surface area contributed by atoms with E-state index < -0.39 is 11.5 Å². The molecule has 2 fully saturated rings. The summed E-state index contributed by atoms with van der Waals surface area (Å²) in [7, 11) is 0. The third-order valence-corrected chi connectivity index (χ3v) is 5.06. The summed E-state index contributed by atoms with van der Waals surface area (Å²) in [5.41, 5.74) is -1.12. The SMILES string of the molecule is CC1CC(C)C(C)N(C(=O)NC(C)(C(=O)O)C2CC2)C1. The average molecular weight is 282 g/mol. The Morgan fingerprint density at radius 1 is 1.25 bits per heavy atom. The van der Waals surface area contributed by atoms with Crippen LogP contribution in [0.2, 0.25) is 0 Å². The lowest BCUT2D eigenvalue weighted by Gasteiger charge is -2.42. The molecule has 0 spiro atoms. The van der Waals surface area contributed by atoms with E-state index in [0.717, 1.165) is 19.3 Å². The van der Waals surface area contributed by atoms with Crippen molar-refractivity contribution in [2.24, 2.45) is 17.8 Å². The summed E-state index contributed by atoms with van der Waals surface area (Å²) in [6.07, 6.45) is 2.88. The molecule has 2 aliphatic rings. The van der Waals surface area contributed by atoms with Crippen molar-refractivity contribution in [1.82, 2.24) is 10.2 Å². The number of carbonyl (C=O) groups is 2. The maximum atomic E-state index is 12.5. The summed E-state index contributed by atoms with van der Waals surface area (Å²) >= 11 is 0. The first-order valence-electron chi connectivity index (χ1n) is 7.58. The van der Waals surface area contributed by atoms with Crippen LogP contribution in [0.1, 0.15) is 47.0 Å². The molecule has 2 amide bonds. The van der Waals surface area contributed by atoms with Gasteiger partial charge in [0, 0.05) is 12.6 Å². The number of nitrogens with zero attached hydrogens (tertiary/aromatic N) is 1. The van der Waals surface area contributed by atoms with Crippen molar-refractivity contribution < 1.29 is 14.7 Å². The molecule has 114 valence electrons. The van der Waals surface area contributed by atoms with Gasteiger partial charge in [0.1, 0.15) is 5.54 Å². The minimum Gasteiger partial charge on any atom is -0.480 e. The smallest absolute Gasteiger partial charge is 0.329 e. The summed E-state index contributed by atoms with van der Waals surface area (Å²) in [5.74, 6) is 0.0449. The monoisotopic (exact) mass is 282 g/mol. The maximum absolute atomic E-state index is 12.5. The van der Waals surface area contributed by atoms with Crippen molar-refractivity contribution in [3.63, 3.8) is 0 Å². The molecule has 0 bridgehead atoms. The van der Waals surface area contributed by atoms with Gasteiger partial charge in [-0.15, -0.1) is 0 Å². The van der Waals surface area contributed by atoms with Gasteiger partial charge in [0.2, 0.25) is 0 Å². The lowest BCUT2D eigenvalue weighted by atomic mass is 9.86. The fraction of sp³-hybridized carbons (Fsp3) is 0.867. The van der Waals surface area contributed by atoms with Gasteiger partial charge in [0.05, 0.1) is 0 Å². The normalized spacial score (nSPS) is 33.4. The third kappa shape index (κ3) is 2.76. The number of carbonyl (C=O) groups excluding carboxylic acids is 1. The first kappa shape index (κ1) is 15.1. The van der Waals surface area contributed by atoms with E-state index in [1.54, 1.807) is 6.92 Å². The Morgan fingerprint density at radius 3 is 2.35 bits per heavy atom. The standard InChI is InChI=1S/C15H26N2O3/c1-9-7-10(2)11(3)17(8-9)14(20)16-15(4,13(18)19)12-5-6-12/h9-12H,5-8H2,1-4H3,(H,16,20)(H,18,19). The number of likely N-dealkylation sites (tertiary alicyclic amines) is 1. The van der Waals surface area contributed by atoms with Gasteiger partial charge in [-0.1, -0.05) is 13.8 Å². The quantitative estimate of drug-likeness (QED) is 0.834. The van der Waals surface area contributed by atoms with Crippen molar-refractivity contribution >= 4 is 12.0 Å². The molecule has 4 atom stereocenters. The summed E-state index contributed by atoms with van der Waals surface area (Å²) in [6.45, 7) is 8.67. The molecule has 1 saturated carbocycles. The van der Waals surface area contributed by atoms with Crippen molar-refractivity contribution in [3.8, 4) is 0 Å². The Hall–Kier alpha value is -1.26. The summed E-state index contributed by atoms with van der Waals surface area (Å²) < 4.78 is 0. The van der Waals surface area contributed by atoms with Gasteiger partial charge in [-0.05, 0) is 50.9 Å². The van der Waals surface area contributed by atoms with Crippen LogP contribution in [0, 0.1) is 17.8 Å². The lowest BCUT2D eigenvalue weighted by molar-refractivity contribution is -0.144. The van der Waals surface area contributed by atoms with Gasteiger partial charge >= 0.3 is 12.0 Å².